The lowest BCUT2D eigenvalue weighted by Gasteiger charge is -2.20. The summed E-state index contributed by atoms with van der Waals surface area (Å²) in [7, 11) is 0. The normalized spacial score (nSPS) is 11.6. The number of non-ortho nitro benzene ring substituents is 1. The van der Waals surface area contributed by atoms with Crippen LogP contribution in [0.25, 0.3) is 0 Å². The monoisotopic (exact) mass is 457 g/mol. The van der Waals surface area contributed by atoms with E-state index in [1.165, 1.54) is 12.1 Å². The second kappa shape index (κ2) is 13.2. The van der Waals surface area contributed by atoms with E-state index in [0.29, 0.717) is 37.7 Å². The second-order valence-electron chi connectivity index (χ2n) is 7.49. The van der Waals surface area contributed by atoms with E-state index in [0.717, 1.165) is 24.0 Å². The van der Waals surface area contributed by atoms with Crippen LogP contribution >= 0.6 is 0 Å². The molecule has 0 amide bonds. The second-order valence-corrected chi connectivity index (χ2v) is 7.49. The SMILES string of the molecule is C=C(CC(OCC)c1ccc(OCCc2ccc([N+](=O)[O-])cc2)c(OCCCC)c1)C(=O)O. The highest BCUT2D eigenvalue weighted by molar-refractivity contribution is 5.85. The molecule has 2 rings (SSSR count). The summed E-state index contributed by atoms with van der Waals surface area (Å²) in [6.07, 6.45) is 2.15. The van der Waals surface area contributed by atoms with Crippen molar-refractivity contribution in [2.75, 3.05) is 19.8 Å². The van der Waals surface area contributed by atoms with Crippen LogP contribution in [0.5, 0.6) is 11.5 Å². The van der Waals surface area contributed by atoms with E-state index in [2.05, 4.69) is 13.5 Å². The molecule has 8 heteroatoms. The van der Waals surface area contributed by atoms with Crippen molar-refractivity contribution in [1.82, 2.24) is 0 Å². The number of hydrogen-bond acceptors (Lipinski definition) is 6. The molecule has 0 spiro atoms. The summed E-state index contributed by atoms with van der Waals surface area (Å²) in [5, 5.41) is 20.0. The Morgan fingerprint density at radius 2 is 1.79 bits per heavy atom. The van der Waals surface area contributed by atoms with E-state index in [4.69, 9.17) is 14.2 Å². The van der Waals surface area contributed by atoms with Crippen LogP contribution in [0.1, 0.15) is 50.3 Å². The van der Waals surface area contributed by atoms with Crippen LogP contribution in [-0.2, 0) is 16.0 Å². The van der Waals surface area contributed by atoms with Crippen LogP contribution in [0, 0.1) is 10.1 Å². The molecule has 1 atom stereocenters. The van der Waals surface area contributed by atoms with Gasteiger partial charge in [0.1, 0.15) is 0 Å². The first-order valence-corrected chi connectivity index (χ1v) is 11.0. The summed E-state index contributed by atoms with van der Waals surface area (Å²) < 4.78 is 17.7. The van der Waals surface area contributed by atoms with Crippen molar-refractivity contribution in [3.05, 3.63) is 75.9 Å². The zero-order valence-corrected chi connectivity index (χ0v) is 19.1. The highest BCUT2D eigenvalue weighted by Crippen LogP contribution is 2.34. The highest BCUT2D eigenvalue weighted by Gasteiger charge is 2.19. The van der Waals surface area contributed by atoms with Crippen molar-refractivity contribution in [2.45, 2.75) is 45.6 Å². The number of carboxylic acids is 1. The fraction of sp³-hybridized carbons (Fsp3) is 0.400. The Bertz CT molecular complexity index is 940. The largest absolute Gasteiger partial charge is 0.490 e. The molecule has 0 saturated heterocycles. The van der Waals surface area contributed by atoms with Gasteiger partial charge in [0.2, 0.25) is 0 Å². The van der Waals surface area contributed by atoms with Gasteiger partial charge >= 0.3 is 5.97 Å². The predicted octanol–water partition coefficient (Wildman–Crippen LogP) is 5.50. The molecule has 2 aromatic carbocycles. The van der Waals surface area contributed by atoms with Gasteiger partial charge in [-0.2, -0.15) is 0 Å². The number of nitrogens with zero attached hydrogens (tertiary/aromatic N) is 1. The van der Waals surface area contributed by atoms with Gasteiger partial charge in [0, 0.05) is 37.2 Å². The van der Waals surface area contributed by atoms with E-state index in [-0.39, 0.29) is 17.7 Å². The molecule has 1 unspecified atom stereocenters. The Labute approximate surface area is 193 Å². The van der Waals surface area contributed by atoms with Crippen LogP contribution < -0.4 is 9.47 Å². The maximum absolute atomic E-state index is 11.2. The Kier molecular flexibility index (Phi) is 10.4. The van der Waals surface area contributed by atoms with Crippen LogP contribution in [0.4, 0.5) is 5.69 Å². The standard InChI is InChI=1S/C25H31NO7/c1-4-6-14-32-24-17-20(23(31-5-2)16-18(3)25(27)28)9-12-22(24)33-15-13-19-7-10-21(11-8-19)26(29)30/h7-12,17,23H,3-6,13-16H2,1-2H3,(H,27,28). The fourth-order valence-electron chi connectivity index (χ4n) is 3.13. The molecular weight excluding hydrogens is 426 g/mol. The van der Waals surface area contributed by atoms with E-state index in [9.17, 15) is 20.0 Å². The Morgan fingerprint density at radius 3 is 2.39 bits per heavy atom. The smallest absolute Gasteiger partial charge is 0.331 e. The van der Waals surface area contributed by atoms with Gasteiger partial charge in [-0.15, -0.1) is 0 Å². The van der Waals surface area contributed by atoms with Crippen LogP contribution in [-0.4, -0.2) is 35.8 Å². The molecule has 0 fully saturated rings. The number of nitro benzene ring substituents is 1. The van der Waals surface area contributed by atoms with Crippen LogP contribution in [0.3, 0.4) is 0 Å². The summed E-state index contributed by atoms with van der Waals surface area (Å²) in [5.41, 5.74) is 1.84. The average molecular weight is 458 g/mol. The first-order valence-electron chi connectivity index (χ1n) is 11.0. The van der Waals surface area contributed by atoms with Crippen molar-refractivity contribution in [1.29, 1.82) is 0 Å². The highest BCUT2D eigenvalue weighted by atomic mass is 16.6. The number of rotatable bonds is 15. The van der Waals surface area contributed by atoms with Crippen molar-refractivity contribution >= 4 is 11.7 Å². The molecule has 2 aromatic rings. The van der Waals surface area contributed by atoms with Gasteiger partial charge in [0.15, 0.2) is 11.5 Å². The number of carbonyl (C=O) groups is 1. The maximum atomic E-state index is 11.2. The quantitative estimate of drug-likeness (QED) is 0.163. The molecule has 8 nitrogen and oxygen atoms in total. The van der Waals surface area contributed by atoms with E-state index in [1.807, 2.05) is 19.1 Å². The number of aliphatic carboxylic acids is 1. The third-order valence-corrected chi connectivity index (χ3v) is 4.99. The molecule has 0 aliphatic carbocycles. The number of hydrogen-bond donors (Lipinski definition) is 1. The number of ether oxygens (including phenoxy) is 3. The fourth-order valence-corrected chi connectivity index (χ4v) is 3.13. The lowest BCUT2D eigenvalue weighted by atomic mass is 10.0. The molecule has 0 heterocycles. The summed E-state index contributed by atoms with van der Waals surface area (Å²) in [6.45, 7) is 8.86. The van der Waals surface area contributed by atoms with Gasteiger partial charge in [-0.1, -0.05) is 38.1 Å². The first kappa shape index (κ1) is 25.9. The Balaban J connectivity index is 2.14. The topological polar surface area (TPSA) is 108 Å². The molecule has 0 aromatic heterocycles. The third-order valence-electron chi connectivity index (χ3n) is 4.99. The summed E-state index contributed by atoms with van der Waals surface area (Å²) in [5.74, 6) is 0.0877. The molecule has 178 valence electrons. The lowest BCUT2D eigenvalue weighted by Crippen LogP contribution is -2.11. The van der Waals surface area contributed by atoms with Crippen molar-refractivity contribution in [3.63, 3.8) is 0 Å². The minimum atomic E-state index is -1.05. The lowest BCUT2D eigenvalue weighted by molar-refractivity contribution is -0.384. The van der Waals surface area contributed by atoms with Gasteiger partial charge in [0.05, 0.1) is 24.2 Å². The molecule has 0 aliphatic rings. The minimum Gasteiger partial charge on any atom is -0.490 e. The van der Waals surface area contributed by atoms with Gasteiger partial charge < -0.3 is 19.3 Å². The van der Waals surface area contributed by atoms with E-state index < -0.39 is 17.0 Å². The van der Waals surface area contributed by atoms with E-state index in [1.54, 1.807) is 18.2 Å². The van der Waals surface area contributed by atoms with Gasteiger partial charge in [-0.3, -0.25) is 10.1 Å². The van der Waals surface area contributed by atoms with E-state index >= 15 is 0 Å². The maximum Gasteiger partial charge on any atom is 0.331 e. The molecule has 0 bridgehead atoms. The summed E-state index contributed by atoms with van der Waals surface area (Å²) in [6, 6.07) is 11.8. The number of unbranched alkanes of at least 4 members (excludes halogenated alkanes) is 1. The Morgan fingerprint density at radius 1 is 1.09 bits per heavy atom. The van der Waals surface area contributed by atoms with Gasteiger partial charge in [-0.25, -0.2) is 4.79 Å². The van der Waals surface area contributed by atoms with Crippen molar-refractivity contribution in [3.8, 4) is 11.5 Å². The summed E-state index contributed by atoms with van der Waals surface area (Å²) in [4.78, 5) is 21.6. The third kappa shape index (κ3) is 8.23. The zero-order valence-electron chi connectivity index (χ0n) is 19.1. The van der Waals surface area contributed by atoms with Gasteiger partial charge in [0.25, 0.3) is 5.69 Å². The average Bonchev–Trinajstić information content (AvgIpc) is 2.80. The number of carboxylic acid groups (broad SMARTS) is 1. The van der Waals surface area contributed by atoms with Gasteiger partial charge in [-0.05, 0) is 36.6 Å². The number of nitro groups is 1. The van der Waals surface area contributed by atoms with Crippen LogP contribution in [0.2, 0.25) is 0 Å². The minimum absolute atomic E-state index is 0.0521. The molecule has 0 aliphatic heterocycles. The van der Waals surface area contributed by atoms with Crippen molar-refractivity contribution < 1.29 is 29.0 Å². The molecular formula is C25H31NO7. The molecule has 1 N–H and O–H groups in total. The first-order chi connectivity index (χ1) is 15.8. The van der Waals surface area contributed by atoms with Crippen LogP contribution in [0.15, 0.2) is 54.6 Å². The molecule has 0 radical (unpaired) electrons. The summed E-state index contributed by atoms with van der Waals surface area (Å²) >= 11 is 0. The molecule has 0 saturated carbocycles. The van der Waals surface area contributed by atoms with Crippen molar-refractivity contribution in [2.24, 2.45) is 0 Å². The Hall–Kier alpha value is -3.39. The number of benzene rings is 2. The molecule has 33 heavy (non-hydrogen) atoms. The zero-order chi connectivity index (χ0) is 24.2. The predicted molar refractivity (Wildman–Crippen MR) is 125 cm³/mol.